The van der Waals surface area contributed by atoms with Gasteiger partial charge in [0.25, 0.3) is 0 Å². The summed E-state index contributed by atoms with van der Waals surface area (Å²) in [6.45, 7) is 5.12. The molecule has 0 saturated carbocycles. The van der Waals surface area contributed by atoms with Gasteiger partial charge in [-0.25, -0.2) is 4.79 Å². The van der Waals surface area contributed by atoms with Crippen molar-refractivity contribution < 1.29 is 29.0 Å². The van der Waals surface area contributed by atoms with Crippen molar-refractivity contribution in [1.29, 1.82) is 0 Å². The maximum absolute atomic E-state index is 11.3. The van der Waals surface area contributed by atoms with Crippen LogP contribution in [0.5, 0.6) is 0 Å². The van der Waals surface area contributed by atoms with Crippen molar-refractivity contribution in [3.8, 4) is 0 Å². The number of carboxylic acid groups (broad SMARTS) is 1. The minimum absolute atomic E-state index is 0.0266. The third kappa shape index (κ3) is 8.78. The van der Waals surface area contributed by atoms with E-state index in [-0.39, 0.29) is 26.1 Å². The van der Waals surface area contributed by atoms with Gasteiger partial charge in [0.15, 0.2) is 0 Å². The van der Waals surface area contributed by atoms with Gasteiger partial charge in [0.1, 0.15) is 6.04 Å². The first-order valence-corrected chi connectivity index (χ1v) is 5.81. The molecule has 0 rings (SSSR count). The molecule has 1 atom stereocenters. The van der Waals surface area contributed by atoms with Gasteiger partial charge in [-0.05, 0) is 13.3 Å². The van der Waals surface area contributed by atoms with E-state index in [1.807, 2.05) is 0 Å². The SMILES string of the molecule is C=C(C)C(=O)OCCCOC(=O)[C@@H](N)CCC(=O)O. The molecular formula is C12H19NO6. The Kier molecular flexibility index (Phi) is 8.19. The lowest BCUT2D eigenvalue weighted by Gasteiger charge is -2.10. The van der Waals surface area contributed by atoms with Crippen LogP contribution in [0.25, 0.3) is 0 Å². The summed E-state index contributed by atoms with van der Waals surface area (Å²) in [5.41, 5.74) is 5.73. The van der Waals surface area contributed by atoms with Crippen molar-refractivity contribution in [2.45, 2.75) is 32.2 Å². The Labute approximate surface area is 111 Å². The average molecular weight is 273 g/mol. The Morgan fingerprint density at radius 2 is 1.84 bits per heavy atom. The normalized spacial score (nSPS) is 11.5. The minimum Gasteiger partial charge on any atom is -0.481 e. The molecule has 7 nitrogen and oxygen atoms in total. The maximum atomic E-state index is 11.3. The fraction of sp³-hybridized carbons (Fsp3) is 0.583. The first kappa shape index (κ1) is 17.1. The van der Waals surface area contributed by atoms with E-state index in [0.29, 0.717) is 12.0 Å². The number of ether oxygens (including phenoxy) is 2. The summed E-state index contributed by atoms with van der Waals surface area (Å²) in [6, 6.07) is -0.950. The van der Waals surface area contributed by atoms with E-state index in [0.717, 1.165) is 0 Å². The Morgan fingerprint density at radius 3 is 2.37 bits per heavy atom. The molecule has 0 heterocycles. The molecule has 0 aliphatic carbocycles. The van der Waals surface area contributed by atoms with Crippen molar-refractivity contribution in [2.24, 2.45) is 5.73 Å². The fourth-order valence-electron chi connectivity index (χ4n) is 1.02. The highest BCUT2D eigenvalue weighted by Gasteiger charge is 2.16. The summed E-state index contributed by atoms with van der Waals surface area (Å²) in [5.74, 6) is -2.17. The van der Waals surface area contributed by atoms with Crippen LogP contribution in [0.2, 0.25) is 0 Å². The van der Waals surface area contributed by atoms with Crippen LogP contribution in [0, 0.1) is 0 Å². The first-order chi connectivity index (χ1) is 8.84. The number of carbonyl (C=O) groups is 3. The maximum Gasteiger partial charge on any atom is 0.333 e. The van der Waals surface area contributed by atoms with Crippen LogP contribution < -0.4 is 5.73 Å². The number of esters is 2. The van der Waals surface area contributed by atoms with Gasteiger partial charge in [0.05, 0.1) is 13.2 Å². The molecule has 19 heavy (non-hydrogen) atoms. The molecule has 0 radical (unpaired) electrons. The summed E-state index contributed by atoms with van der Waals surface area (Å²) in [5, 5.41) is 8.42. The van der Waals surface area contributed by atoms with Crippen LogP contribution in [-0.4, -0.2) is 42.3 Å². The molecule has 0 aliphatic rings. The summed E-state index contributed by atoms with van der Waals surface area (Å²) in [7, 11) is 0. The Bertz CT molecular complexity index is 352. The van der Waals surface area contributed by atoms with Gasteiger partial charge in [-0.2, -0.15) is 0 Å². The number of nitrogens with two attached hydrogens (primary N) is 1. The van der Waals surface area contributed by atoms with E-state index in [2.05, 4.69) is 6.58 Å². The molecule has 0 saturated heterocycles. The van der Waals surface area contributed by atoms with Crippen LogP contribution in [0.1, 0.15) is 26.2 Å². The van der Waals surface area contributed by atoms with Crippen LogP contribution in [0.4, 0.5) is 0 Å². The van der Waals surface area contributed by atoms with Crippen LogP contribution in [0.3, 0.4) is 0 Å². The number of carboxylic acids is 1. The van der Waals surface area contributed by atoms with Crippen molar-refractivity contribution in [3.05, 3.63) is 12.2 Å². The smallest absolute Gasteiger partial charge is 0.333 e. The summed E-state index contributed by atoms with van der Waals surface area (Å²) < 4.78 is 9.59. The van der Waals surface area contributed by atoms with E-state index in [4.69, 9.17) is 20.3 Å². The fourth-order valence-corrected chi connectivity index (χ4v) is 1.02. The highest BCUT2D eigenvalue weighted by Crippen LogP contribution is 1.99. The predicted octanol–water partition coefficient (Wildman–Crippen LogP) is 0.231. The van der Waals surface area contributed by atoms with E-state index < -0.39 is 23.9 Å². The number of hydrogen-bond donors (Lipinski definition) is 2. The summed E-state index contributed by atoms with van der Waals surface area (Å²) in [4.78, 5) is 32.6. The molecule has 108 valence electrons. The van der Waals surface area contributed by atoms with Crippen molar-refractivity contribution in [1.82, 2.24) is 0 Å². The van der Waals surface area contributed by atoms with Gasteiger partial charge < -0.3 is 20.3 Å². The largest absolute Gasteiger partial charge is 0.481 e. The number of rotatable bonds is 9. The molecule has 3 N–H and O–H groups in total. The number of carbonyl (C=O) groups excluding carboxylic acids is 2. The third-order valence-corrected chi connectivity index (χ3v) is 2.09. The minimum atomic E-state index is -1.02. The topological polar surface area (TPSA) is 116 Å². The van der Waals surface area contributed by atoms with E-state index >= 15 is 0 Å². The zero-order valence-corrected chi connectivity index (χ0v) is 10.9. The lowest BCUT2D eigenvalue weighted by atomic mass is 10.2. The molecule has 0 aromatic carbocycles. The molecule has 0 amide bonds. The van der Waals surface area contributed by atoms with Gasteiger partial charge in [-0.1, -0.05) is 6.58 Å². The molecular weight excluding hydrogens is 254 g/mol. The molecule has 0 unspecified atom stereocenters. The second-order valence-electron chi connectivity index (χ2n) is 3.98. The van der Waals surface area contributed by atoms with Crippen LogP contribution in [-0.2, 0) is 23.9 Å². The molecule has 0 spiro atoms. The molecule has 0 aliphatic heterocycles. The van der Waals surface area contributed by atoms with Crippen molar-refractivity contribution in [2.75, 3.05) is 13.2 Å². The lowest BCUT2D eigenvalue weighted by Crippen LogP contribution is -2.33. The predicted molar refractivity (Wildman–Crippen MR) is 66.2 cm³/mol. The van der Waals surface area contributed by atoms with Crippen LogP contribution in [0.15, 0.2) is 12.2 Å². The first-order valence-electron chi connectivity index (χ1n) is 5.81. The third-order valence-electron chi connectivity index (χ3n) is 2.09. The Balaban J connectivity index is 3.65. The van der Waals surface area contributed by atoms with E-state index in [1.165, 1.54) is 6.92 Å². The van der Waals surface area contributed by atoms with Gasteiger partial charge in [0, 0.05) is 18.4 Å². The van der Waals surface area contributed by atoms with E-state index in [1.54, 1.807) is 0 Å². The Morgan fingerprint density at radius 1 is 1.26 bits per heavy atom. The molecule has 0 bridgehead atoms. The highest BCUT2D eigenvalue weighted by atomic mass is 16.5. The van der Waals surface area contributed by atoms with Gasteiger partial charge in [0.2, 0.25) is 0 Å². The zero-order valence-electron chi connectivity index (χ0n) is 10.9. The van der Waals surface area contributed by atoms with Gasteiger partial charge in [-0.3, -0.25) is 9.59 Å². The molecule has 7 heteroatoms. The lowest BCUT2D eigenvalue weighted by molar-refractivity contribution is -0.146. The van der Waals surface area contributed by atoms with E-state index in [9.17, 15) is 14.4 Å². The summed E-state index contributed by atoms with van der Waals surface area (Å²) >= 11 is 0. The van der Waals surface area contributed by atoms with Gasteiger partial charge in [-0.15, -0.1) is 0 Å². The molecule has 0 fully saturated rings. The molecule has 0 aromatic rings. The summed E-state index contributed by atoms with van der Waals surface area (Å²) in [6.07, 6.45) is 0.182. The standard InChI is InChI=1S/C12H19NO6/c1-8(2)11(16)18-6-3-7-19-12(17)9(13)4-5-10(14)15/h9H,1,3-7,13H2,2H3,(H,14,15)/t9-/m0/s1. The quantitative estimate of drug-likeness (QED) is 0.351. The van der Waals surface area contributed by atoms with Crippen molar-refractivity contribution >= 4 is 17.9 Å². The monoisotopic (exact) mass is 273 g/mol. The second kappa shape index (κ2) is 9.09. The zero-order chi connectivity index (χ0) is 14.8. The number of hydrogen-bond acceptors (Lipinski definition) is 6. The van der Waals surface area contributed by atoms with Crippen molar-refractivity contribution in [3.63, 3.8) is 0 Å². The average Bonchev–Trinajstić information content (AvgIpc) is 2.34. The second-order valence-corrected chi connectivity index (χ2v) is 3.98. The molecule has 0 aromatic heterocycles. The number of aliphatic carboxylic acids is 1. The van der Waals surface area contributed by atoms with Gasteiger partial charge >= 0.3 is 17.9 Å². The Hall–Kier alpha value is -1.89. The van der Waals surface area contributed by atoms with Crippen LogP contribution >= 0.6 is 0 Å². The highest BCUT2D eigenvalue weighted by molar-refractivity contribution is 5.86.